The Kier molecular flexibility index (Phi) is 7.46. The number of carboxylic acids is 1. The first-order valence-electron chi connectivity index (χ1n) is 10.5. The number of aliphatic carboxylic acids is 1. The molecule has 2 aromatic heterocycles. The number of rotatable bonds is 9. The summed E-state index contributed by atoms with van der Waals surface area (Å²) in [5.41, 5.74) is 6.38. The van der Waals surface area contributed by atoms with Crippen LogP contribution in [0.1, 0.15) is 16.1 Å². The number of aliphatic hydroxyl groups excluding tert-OH is 1. The van der Waals surface area contributed by atoms with Crippen molar-refractivity contribution in [2.24, 2.45) is 0 Å². The second kappa shape index (κ2) is 10.9. The lowest BCUT2D eigenvalue weighted by Gasteiger charge is -2.24. The number of nitrogens with one attached hydrogen (secondary N) is 2. The lowest BCUT2D eigenvalue weighted by molar-refractivity contribution is -0.148. The number of hydrogen-bond acceptors (Lipinski definition) is 7. The molecule has 0 radical (unpaired) electrons. The summed E-state index contributed by atoms with van der Waals surface area (Å²) < 4.78 is 0. The van der Waals surface area contributed by atoms with Gasteiger partial charge in [-0.2, -0.15) is 5.10 Å². The Bertz CT molecular complexity index is 1310. The van der Waals surface area contributed by atoms with Crippen molar-refractivity contribution in [2.75, 3.05) is 6.54 Å². The third-order valence-electron chi connectivity index (χ3n) is 5.07. The summed E-state index contributed by atoms with van der Waals surface area (Å²) in [6.07, 6.45) is 2.85. The van der Waals surface area contributed by atoms with Crippen LogP contribution in [0.25, 0.3) is 22.5 Å². The number of carbonyl (C=O) groups excluding carboxylic acids is 1. The molecule has 0 saturated heterocycles. The lowest BCUT2D eigenvalue weighted by atomic mass is 10.0. The van der Waals surface area contributed by atoms with Gasteiger partial charge >= 0.3 is 5.97 Å². The van der Waals surface area contributed by atoms with Gasteiger partial charge in [0.1, 0.15) is 17.1 Å². The molecule has 4 aromatic rings. The lowest BCUT2D eigenvalue weighted by Crippen LogP contribution is -2.47. The molecule has 178 valence electrons. The second-order valence-electron chi connectivity index (χ2n) is 7.64. The molecule has 1 atom stereocenters. The summed E-state index contributed by atoms with van der Waals surface area (Å²) in [7, 11) is 0. The normalized spacial score (nSPS) is 11.9. The van der Waals surface area contributed by atoms with E-state index < -0.39 is 18.0 Å². The van der Waals surface area contributed by atoms with Crippen LogP contribution in [0.15, 0.2) is 73.2 Å². The van der Waals surface area contributed by atoms with Gasteiger partial charge in [-0.05, 0) is 34.9 Å². The van der Waals surface area contributed by atoms with E-state index in [1.54, 1.807) is 6.07 Å². The number of aromatic amines is 1. The number of carbonyl (C=O) groups is 2. The molecular weight excluding hydrogens is 472 g/mol. The van der Waals surface area contributed by atoms with Crippen LogP contribution in [0.2, 0.25) is 5.02 Å². The smallest absolute Gasteiger partial charge is 0.333 e. The van der Waals surface area contributed by atoms with Crippen LogP contribution in [-0.2, 0) is 11.3 Å². The van der Waals surface area contributed by atoms with Crippen molar-refractivity contribution >= 4 is 23.5 Å². The van der Waals surface area contributed by atoms with Crippen LogP contribution in [0.3, 0.4) is 0 Å². The van der Waals surface area contributed by atoms with Crippen molar-refractivity contribution in [2.45, 2.75) is 12.6 Å². The molecule has 1 unspecified atom stereocenters. The van der Waals surface area contributed by atoms with Gasteiger partial charge in [0.05, 0.1) is 12.7 Å². The van der Waals surface area contributed by atoms with E-state index in [0.717, 1.165) is 16.7 Å². The number of aromatic nitrogens is 4. The van der Waals surface area contributed by atoms with Gasteiger partial charge < -0.3 is 10.2 Å². The molecule has 2 aromatic carbocycles. The Morgan fingerprint density at radius 2 is 1.86 bits per heavy atom. The Morgan fingerprint density at radius 3 is 2.54 bits per heavy atom. The summed E-state index contributed by atoms with van der Waals surface area (Å²) in [6.45, 7) is -0.181. The third-order valence-corrected chi connectivity index (χ3v) is 5.31. The number of aliphatic hydroxyl groups is 1. The van der Waals surface area contributed by atoms with E-state index in [9.17, 15) is 14.7 Å². The third kappa shape index (κ3) is 6.27. The molecule has 0 saturated carbocycles. The molecule has 0 bridgehead atoms. The Hall–Kier alpha value is -4.12. The van der Waals surface area contributed by atoms with Gasteiger partial charge in [0.2, 0.25) is 0 Å². The minimum Gasteiger partial charge on any atom is -0.479 e. The number of hydrazine groups is 1. The van der Waals surface area contributed by atoms with Crippen molar-refractivity contribution in [3.05, 3.63) is 89.5 Å². The fourth-order valence-electron chi connectivity index (χ4n) is 3.33. The van der Waals surface area contributed by atoms with Crippen LogP contribution in [0, 0.1) is 0 Å². The molecular formula is C24H21ClN6O4. The monoisotopic (exact) mass is 492 g/mol. The van der Waals surface area contributed by atoms with E-state index in [1.807, 2.05) is 42.5 Å². The molecule has 0 spiro atoms. The highest BCUT2D eigenvalue weighted by Gasteiger charge is 2.21. The van der Waals surface area contributed by atoms with Gasteiger partial charge in [0, 0.05) is 24.0 Å². The molecule has 0 fully saturated rings. The zero-order valence-electron chi connectivity index (χ0n) is 18.3. The molecule has 35 heavy (non-hydrogen) atoms. The van der Waals surface area contributed by atoms with Gasteiger partial charge in [-0.25, -0.2) is 9.80 Å². The molecule has 0 aliphatic carbocycles. The van der Waals surface area contributed by atoms with Crippen molar-refractivity contribution in [1.82, 2.24) is 30.6 Å². The van der Waals surface area contributed by atoms with Gasteiger partial charge in [-0.3, -0.25) is 25.3 Å². The average molecular weight is 493 g/mol. The van der Waals surface area contributed by atoms with Gasteiger partial charge in [0.15, 0.2) is 6.10 Å². The molecule has 0 aliphatic heterocycles. The topological polar surface area (TPSA) is 144 Å². The van der Waals surface area contributed by atoms with E-state index >= 15 is 0 Å². The van der Waals surface area contributed by atoms with Gasteiger partial charge in [0.25, 0.3) is 5.91 Å². The Balaban J connectivity index is 1.48. The Morgan fingerprint density at radius 1 is 1.06 bits per heavy atom. The maximum atomic E-state index is 12.8. The van der Waals surface area contributed by atoms with E-state index in [0.29, 0.717) is 16.4 Å². The molecule has 1 amide bonds. The van der Waals surface area contributed by atoms with Crippen molar-refractivity contribution in [3.8, 4) is 22.5 Å². The van der Waals surface area contributed by atoms with Crippen LogP contribution in [0.5, 0.6) is 0 Å². The molecule has 10 nitrogen and oxygen atoms in total. The van der Waals surface area contributed by atoms with Crippen LogP contribution >= 0.6 is 11.6 Å². The summed E-state index contributed by atoms with van der Waals surface area (Å²) >= 11 is 6.07. The predicted molar refractivity (Wildman–Crippen MR) is 128 cm³/mol. The van der Waals surface area contributed by atoms with Crippen LogP contribution < -0.4 is 5.43 Å². The largest absolute Gasteiger partial charge is 0.479 e. The van der Waals surface area contributed by atoms with E-state index in [1.165, 1.54) is 29.7 Å². The molecule has 11 heteroatoms. The maximum Gasteiger partial charge on any atom is 0.333 e. The summed E-state index contributed by atoms with van der Waals surface area (Å²) in [5.74, 6) is -1.95. The number of hydrogen-bond donors (Lipinski definition) is 4. The highest BCUT2D eigenvalue weighted by molar-refractivity contribution is 6.30. The fourth-order valence-corrected chi connectivity index (χ4v) is 3.52. The molecule has 2 heterocycles. The minimum atomic E-state index is -1.70. The van der Waals surface area contributed by atoms with Gasteiger partial charge in [-0.15, -0.1) is 0 Å². The van der Waals surface area contributed by atoms with E-state index in [2.05, 4.69) is 25.6 Å². The standard InChI is InChI=1S/C24H21ClN6O4/c25-18-3-1-2-17(10-18)16-6-4-15(5-7-16)13-31(14-22(32)24(34)35)30-23(33)20-11-19(28-29-20)21-12-26-8-9-27-21/h1-12,22,32H,13-14H2,(H,28,29)(H,30,33)(H,34,35). The Labute approximate surface area is 205 Å². The maximum absolute atomic E-state index is 12.8. The van der Waals surface area contributed by atoms with Crippen LogP contribution in [0.4, 0.5) is 0 Å². The van der Waals surface area contributed by atoms with Crippen molar-refractivity contribution < 1.29 is 19.8 Å². The van der Waals surface area contributed by atoms with E-state index in [-0.39, 0.29) is 18.8 Å². The second-order valence-corrected chi connectivity index (χ2v) is 8.08. The predicted octanol–water partition coefficient (Wildman–Crippen LogP) is 2.78. The first-order valence-corrected chi connectivity index (χ1v) is 10.9. The van der Waals surface area contributed by atoms with Crippen molar-refractivity contribution in [1.29, 1.82) is 0 Å². The van der Waals surface area contributed by atoms with Crippen molar-refractivity contribution in [3.63, 3.8) is 0 Å². The number of amides is 1. The van der Waals surface area contributed by atoms with Gasteiger partial charge in [-0.1, -0.05) is 48.0 Å². The zero-order chi connectivity index (χ0) is 24.8. The fraction of sp³-hybridized carbons (Fsp3) is 0.125. The number of nitrogens with zero attached hydrogens (tertiary/aromatic N) is 4. The zero-order valence-corrected chi connectivity index (χ0v) is 19.1. The summed E-state index contributed by atoms with van der Waals surface area (Å²) in [5, 5.41) is 27.7. The quantitative estimate of drug-likeness (QED) is 0.261. The first-order chi connectivity index (χ1) is 16.9. The number of benzene rings is 2. The number of halogens is 1. The highest BCUT2D eigenvalue weighted by Crippen LogP contribution is 2.23. The minimum absolute atomic E-state index is 0.136. The summed E-state index contributed by atoms with van der Waals surface area (Å²) in [4.78, 5) is 32.1. The average Bonchev–Trinajstić information content (AvgIpc) is 3.35. The molecule has 4 N–H and O–H groups in total. The number of H-pyrrole nitrogens is 1. The molecule has 0 aliphatic rings. The summed E-state index contributed by atoms with van der Waals surface area (Å²) in [6, 6.07) is 16.5. The SMILES string of the molecule is O=C(NN(Cc1ccc(-c2cccc(Cl)c2)cc1)CC(O)C(=O)O)c1cc(-c2cnccn2)n[nH]1. The highest BCUT2D eigenvalue weighted by atomic mass is 35.5. The van der Waals surface area contributed by atoms with Crippen LogP contribution in [-0.4, -0.2) is 59.9 Å². The number of carboxylic acid groups (broad SMARTS) is 1. The first kappa shape index (κ1) is 24.0. The van der Waals surface area contributed by atoms with E-state index in [4.69, 9.17) is 16.7 Å². The molecule has 4 rings (SSSR count).